The summed E-state index contributed by atoms with van der Waals surface area (Å²) in [4.78, 5) is 28.7. The molecule has 0 spiro atoms. The molecule has 0 fully saturated rings. The Morgan fingerprint density at radius 2 is 1.79 bits per heavy atom. The number of carbonyl (C=O) groups excluding carboxylic acids is 2. The molecule has 0 aliphatic carbocycles. The molecule has 1 unspecified atom stereocenters. The maximum Gasteiger partial charge on any atom is 1.00 e. The number of fused-ring (bicyclic) bond motifs is 1. The average Bonchev–Trinajstić information content (AvgIpc) is 2.92. The van der Waals surface area contributed by atoms with E-state index in [0.717, 1.165) is 27.7 Å². The predicted molar refractivity (Wildman–Crippen MR) is 164 cm³/mol. The van der Waals surface area contributed by atoms with Gasteiger partial charge in [-0.3, -0.25) is 4.79 Å². The molecule has 0 saturated heterocycles. The zero-order chi connectivity index (χ0) is 29.4. The topological polar surface area (TPSA) is 91.4 Å². The molecule has 0 aliphatic rings. The Morgan fingerprint density at radius 1 is 1.02 bits per heavy atom. The number of aromatic carboxylic acids is 1. The number of nitrogens with one attached hydrogen (secondary N) is 1. The molecule has 0 radical (unpaired) electrons. The molecule has 1 aromatic heterocycles. The molecule has 0 saturated carbocycles. The Labute approximate surface area is 278 Å². The Kier molecular flexibility index (Phi) is 12.8. The first-order chi connectivity index (χ1) is 19.6. The number of hydrogen-bond donors (Lipinski definition) is 1. The fourth-order valence-electron chi connectivity index (χ4n) is 4.52. The molecule has 1 N–H and O–H groups in total. The van der Waals surface area contributed by atoms with Gasteiger partial charge in [-0.25, -0.2) is 4.98 Å². The summed E-state index contributed by atoms with van der Waals surface area (Å²) in [5, 5.41) is 16.3. The van der Waals surface area contributed by atoms with Gasteiger partial charge in [0.05, 0.1) is 17.2 Å². The molecule has 1 atom stereocenters. The number of halogens is 1. The summed E-state index contributed by atoms with van der Waals surface area (Å²) in [7, 11) is 0. The molecule has 0 bridgehead atoms. The van der Waals surface area contributed by atoms with Crippen LogP contribution in [0.5, 0.6) is 5.75 Å². The third kappa shape index (κ3) is 10.3. The van der Waals surface area contributed by atoms with Crippen molar-refractivity contribution in [2.75, 3.05) is 5.75 Å². The van der Waals surface area contributed by atoms with Gasteiger partial charge in [0.15, 0.2) is 0 Å². The summed E-state index contributed by atoms with van der Waals surface area (Å²) < 4.78 is 6.12. The van der Waals surface area contributed by atoms with Gasteiger partial charge < -0.3 is 20.0 Å². The number of carbonyl (C=O) groups is 2. The fourth-order valence-corrected chi connectivity index (χ4v) is 5.90. The van der Waals surface area contributed by atoms with Crippen LogP contribution in [-0.2, 0) is 17.8 Å². The molecule has 9 heteroatoms. The van der Waals surface area contributed by atoms with E-state index in [1.165, 1.54) is 0 Å². The van der Waals surface area contributed by atoms with Gasteiger partial charge in [0.1, 0.15) is 12.4 Å². The van der Waals surface area contributed by atoms with Gasteiger partial charge in [-0.15, -0.1) is 0 Å². The maximum absolute atomic E-state index is 12.4. The SMILES string of the molecule is CC(C)(C)NC(=O)CCSC(CCc1ccccc1C(=O)[O-])c1cccc(OCc2ccc3ccc(Cl)cc3n2)c1.[Na+]. The summed E-state index contributed by atoms with van der Waals surface area (Å²) >= 11 is 7.82. The van der Waals surface area contributed by atoms with Gasteiger partial charge in [0.25, 0.3) is 0 Å². The summed E-state index contributed by atoms with van der Waals surface area (Å²) in [6.07, 6.45) is 1.64. The number of hydrogen-bond acceptors (Lipinski definition) is 6. The molecule has 4 rings (SSSR count). The van der Waals surface area contributed by atoms with Crippen molar-refractivity contribution in [3.8, 4) is 5.75 Å². The van der Waals surface area contributed by atoms with E-state index in [9.17, 15) is 14.7 Å². The van der Waals surface area contributed by atoms with Crippen molar-refractivity contribution >= 4 is 46.1 Å². The van der Waals surface area contributed by atoms with E-state index < -0.39 is 5.97 Å². The molecular weight excluding hydrogens is 579 g/mol. The number of carboxylic acid groups (broad SMARTS) is 1. The van der Waals surface area contributed by atoms with E-state index in [4.69, 9.17) is 16.3 Å². The van der Waals surface area contributed by atoms with Crippen LogP contribution in [-0.4, -0.2) is 28.2 Å². The minimum absolute atomic E-state index is 0. The number of rotatable bonds is 12. The Hall–Kier alpha value is -2.55. The van der Waals surface area contributed by atoms with Crippen LogP contribution in [0, 0.1) is 0 Å². The molecule has 214 valence electrons. The quantitative estimate of drug-likeness (QED) is 0.246. The number of thioether (sulfide) groups is 1. The minimum atomic E-state index is -1.18. The van der Waals surface area contributed by atoms with E-state index in [2.05, 4.69) is 10.3 Å². The van der Waals surface area contributed by atoms with E-state index in [-0.39, 0.29) is 51.8 Å². The van der Waals surface area contributed by atoms with Crippen LogP contribution < -0.4 is 44.7 Å². The second-order valence-electron chi connectivity index (χ2n) is 10.9. The minimum Gasteiger partial charge on any atom is -0.545 e. The Morgan fingerprint density at radius 3 is 2.55 bits per heavy atom. The van der Waals surface area contributed by atoms with Crippen LogP contribution in [0.15, 0.2) is 78.9 Å². The normalized spacial score (nSPS) is 11.9. The summed E-state index contributed by atoms with van der Waals surface area (Å²) in [5.41, 5.74) is 3.32. The number of pyridine rings is 1. The molecular formula is C33H34ClN2NaO4S. The van der Waals surface area contributed by atoms with E-state index in [1.54, 1.807) is 23.9 Å². The van der Waals surface area contributed by atoms with Crippen LogP contribution in [0.2, 0.25) is 5.02 Å². The van der Waals surface area contributed by atoms with E-state index >= 15 is 0 Å². The number of aryl methyl sites for hydroxylation is 1. The van der Waals surface area contributed by atoms with Crippen LogP contribution in [0.4, 0.5) is 0 Å². The van der Waals surface area contributed by atoms with Crippen LogP contribution in [0.1, 0.15) is 66.0 Å². The molecule has 42 heavy (non-hydrogen) atoms. The van der Waals surface area contributed by atoms with Gasteiger partial charge in [0, 0.05) is 38.9 Å². The molecule has 4 aromatic rings. The molecule has 0 aliphatic heterocycles. The second-order valence-corrected chi connectivity index (χ2v) is 12.6. The largest absolute Gasteiger partial charge is 1.00 e. The Balaban J connectivity index is 0.00000484. The Bertz CT molecular complexity index is 1530. The number of benzene rings is 3. The second kappa shape index (κ2) is 15.8. The number of aromatic nitrogens is 1. The third-order valence-corrected chi connectivity index (χ3v) is 7.99. The summed E-state index contributed by atoms with van der Waals surface area (Å²) in [6, 6.07) is 24.4. The zero-order valence-corrected chi connectivity index (χ0v) is 28.1. The van der Waals surface area contributed by atoms with Crippen molar-refractivity contribution in [2.45, 2.75) is 57.4 Å². The van der Waals surface area contributed by atoms with Gasteiger partial charge in [0.2, 0.25) is 5.91 Å². The molecule has 1 heterocycles. The first-order valence-corrected chi connectivity index (χ1v) is 15.0. The van der Waals surface area contributed by atoms with E-state index in [1.807, 2.05) is 87.5 Å². The maximum atomic E-state index is 12.4. The smallest absolute Gasteiger partial charge is 0.545 e. The van der Waals surface area contributed by atoms with Crippen LogP contribution >= 0.6 is 23.4 Å². The van der Waals surface area contributed by atoms with Crippen molar-refractivity contribution < 1.29 is 49.0 Å². The average molecular weight is 613 g/mol. The van der Waals surface area contributed by atoms with Crippen molar-refractivity contribution in [3.05, 3.63) is 106 Å². The zero-order valence-electron chi connectivity index (χ0n) is 24.5. The van der Waals surface area contributed by atoms with Gasteiger partial charge in [-0.05, 0) is 75.1 Å². The number of nitrogens with zero attached hydrogens (tertiary/aromatic N) is 1. The summed E-state index contributed by atoms with van der Waals surface area (Å²) in [6.45, 7) is 6.19. The van der Waals surface area contributed by atoms with Crippen molar-refractivity contribution in [3.63, 3.8) is 0 Å². The fraction of sp³-hybridized carbons (Fsp3) is 0.303. The van der Waals surface area contributed by atoms with Crippen LogP contribution in [0.3, 0.4) is 0 Å². The van der Waals surface area contributed by atoms with Crippen molar-refractivity contribution in [1.82, 2.24) is 10.3 Å². The molecule has 3 aromatic carbocycles. The number of ether oxygens (including phenoxy) is 1. The van der Waals surface area contributed by atoms with Crippen molar-refractivity contribution in [1.29, 1.82) is 0 Å². The van der Waals surface area contributed by atoms with Crippen LogP contribution in [0.25, 0.3) is 10.9 Å². The first kappa shape index (κ1) is 33.9. The predicted octanol–water partition coefficient (Wildman–Crippen LogP) is 3.55. The van der Waals surface area contributed by atoms with Gasteiger partial charge >= 0.3 is 29.6 Å². The third-order valence-electron chi connectivity index (χ3n) is 6.40. The van der Waals surface area contributed by atoms with Gasteiger partial charge in [-0.1, -0.05) is 60.1 Å². The standard InChI is InChI=1S/C33H35ClN2O4S.Na/c1-33(2,3)36-31(37)17-18-41-30(16-13-22-7-4-5-10-28(22)32(38)39)24-8-6-9-27(19-24)40-21-26-15-12-23-11-14-25(34)20-29(23)35-26;/h4-12,14-15,19-20,30H,13,16-18,21H2,1-3H3,(H,36,37)(H,38,39);/q;+1/p-1. The monoisotopic (exact) mass is 612 g/mol. The van der Waals surface area contributed by atoms with Gasteiger partial charge in [-0.2, -0.15) is 11.8 Å². The number of carboxylic acids is 1. The molecule has 6 nitrogen and oxygen atoms in total. The van der Waals surface area contributed by atoms with E-state index in [0.29, 0.717) is 42.4 Å². The van der Waals surface area contributed by atoms with Crippen molar-refractivity contribution in [2.24, 2.45) is 0 Å². The molecule has 1 amide bonds. The summed E-state index contributed by atoms with van der Waals surface area (Å²) in [5.74, 6) is 0.168. The number of amides is 1. The first-order valence-electron chi connectivity index (χ1n) is 13.6.